The monoisotopic (exact) mass is 435 g/mol. The van der Waals surface area contributed by atoms with E-state index in [9.17, 15) is 0 Å². The minimum absolute atomic E-state index is 0.139. The van der Waals surface area contributed by atoms with Crippen molar-refractivity contribution in [2.24, 2.45) is 5.73 Å². The lowest BCUT2D eigenvalue weighted by Crippen LogP contribution is -2.39. The zero-order valence-electron chi connectivity index (χ0n) is 20.2. The molecule has 3 N–H and O–H groups in total. The third-order valence-electron chi connectivity index (χ3n) is 6.08. The molecule has 0 heterocycles. The fourth-order valence-electron chi connectivity index (χ4n) is 4.15. The molecule has 0 aliphatic rings. The van der Waals surface area contributed by atoms with Gasteiger partial charge in [0.25, 0.3) is 0 Å². The lowest BCUT2D eigenvalue weighted by atomic mass is 9.82. The van der Waals surface area contributed by atoms with E-state index in [2.05, 4.69) is 20.8 Å². The molecule has 0 atom stereocenters. The Morgan fingerprint density at radius 1 is 0.552 bits per heavy atom. The molecule has 0 aromatic rings. The Labute approximate surface area is 187 Å². The van der Waals surface area contributed by atoms with Crippen molar-refractivity contribution in [3.8, 4) is 0 Å². The van der Waals surface area contributed by atoms with Gasteiger partial charge in [-0.1, -0.05) is 136 Å². The molecule has 0 fully saturated rings. The van der Waals surface area contributed by atoms with Crippen molar-refractivity contribution in [3.63, 3.8) is 0 Å². The average Bonchev–Trinajstić information content (AvgIpc) is 2.71. The Morgan fingerprint density at radius 3 is 1.00 bits per heavy atom. The average molecular weight is 436 g/mol. The molecule has 0 radical (unpaired) electrons. The maximum absolute atomic E-state index is 8.35. The number of hydrogen-bond donors (Lipinski definition) is 2. The predicted octanol–water partition coefficient (Wildman–Crippen LogP) is 7.19. The first kappa shape index (κ1) is 31.4. The van der Waals surface area contributed by atoms with Crippen LogP contribution in [0.15, 0.2) is 0 Å². The van der Waals surface area contributed by atoms with Crippen LogP contribution in [0.3, 0.4) is 0 Å². The number of nitrogens with two attached hydrogens (primary N) is 1. The Kier molecular flexibility index (Phi) is 28.3. The van der Waals surface area contributed by atoms with E-state index in [1.807, 2.05) is 0 Å². The Hall–Kier alpha value is 0.170. The minimum atomic E-state index is -0.167. The summed E-state index contributed by atoms with van der Waals surface area (Å²) in [6, 6.07) is 0. The summed E-state index contributed by atoms with van der Waals surface area (Å²) in [5, 5.41) is 0. The molecule has 178 valence electrons. The summed E-state index contributed by atoms with van der Waals surface area (Å²) in [7, 11) is 0. The Bertz CT molecular complexity index is 249. The maximum atomic E-state index is 8.35. The van der Waals surface area contributed by atoms with Crippen LogP contribution in [0.1, 0.15) is 156 Å². The lowest BCUT2D eigenvalue weighted by Gasteiger charge is -2.30. The van der Waals surface area contributed by atoms with Crippen LogP contribution >= 0.6 is 0 Å². The van der Waals surface area contributed by atoms with Crippen LogP contribution in [0.5, 0.6) is 0 Å². The van der Waals surface area contributed by atoms with Gasteiger partial charge in [-0.15, -0.1) is 4.66 Å². The molecule has 0 saturated carbocycles. The van der Waals surface area contributed by atoms with Crippen molar-refractivity contribution in [2.45, 2.75) is 161 Å². The topological polar surface area (TPSA) is 69.3 Å². The van der Waals surface area contributed by atoms with Crippen LogP contribution in [-0.4, -0.2) is 10.2 Å². The largest absolute Gasteiger partial charge is 0.506 e. The molecule has 0 unspecified atom stereocenters. The fraction of sp³-hybridized carbons (Fsp3) is 1.00. The zero-order valence-corrected chi connectivity index (χ0v) is 20.9. The second kappa shape index (κ2) is 26.2. The normalized spacial score (nSPS) is 11.4. The van der Waals surface area contributed by atoms with E-state index in [0.717, 1.165) is 0 Å². The summed E-state index contributed by atoms with van der Waals surface area (Å²) in [5.41, 5.74) is 7.06. The van der Waals surface area contributed by atoms with Crippen molar-refractivity contribution in [1.29, 1.82) is 0 Å². The summed E-state index contributed by atoms with van der Waals surface area (Å²) in [5.74, 6) is 0. The Balaban J connectivity index is 0. The van der Waals surface area contributed by atoms with Gasteiger partial charge in [-0.25, -0.2) is 0 Å². The Morgan fingerprint density at radius 2 is 0.759 bits per heavy atom. The minimum Gasteiger partial charge on any atom is -0.506 e. The second-order valence-electron chi connectivity index (χ2n) is 8.98. The van der Waals surface area contributed by atoms with Gasteiger partial charge in [-0.3, -0.25) is 0 Å². The first-order valence-electron chi connectivity index (χ1n) is 12.8. The fourth-order valence-corrected chi connectivity index (χ4v) is 4.15. The lowest BCUT2D eigenvalue weighted by molar-refractivity contribution is -1.27. The number of hydrogen-bond acceptors (Lipinski definition) is 3. The molecule has 0 rings (SSSR count). The summed E-state index contributed by atoms with van der Waals surface area (Å²) in [4.78, 5) is 0. The standard InChI is InChI=1S/C25H53N.ClHO2/c1-4-7-10-13-16-19-22-25(26,23-20-17-14-11-8-5-2)24-21-18-15-12-9-6-3;2-1-3/h4-24,26H2,1-3H3;2H. The van der Waals surface area contributed by atoms with Crippen LogP contribution in [0.2, 0.25) is 0 Å². The van der Waals surface area contributed by atoms with Gasteiger partial charge in [0.1, 0.15) is 0 Å². The van der Waals surface area contributed by atoms with Gasteiger partial charge in [-0.2, -0.15) is 0 Å². The quantitative estimate of drug-likeness (QED) is 0.187. The molecular formula is C25H54ClNO2. The first-order valence-corrected chi connectivity index (χ1v) is 13.4. The predicted molar refractivity (Wildman–Crippen MR) is 123 cm³/mol. The van der Waals surface area contributed by atoms with E-state index in [1.165, 1.54) is 135 Å². The van der Waals surface area contributed by atoms with Crippen molar-refractivity contribution in [2.75, 3.05) is 0 Å². The molecule has 0 amide bonds. The smallest absolute Gasteiger partial charge is 0.327 e. The highest BCUT2D eigenvalue weighted by Gasteiger charge is 2.23. The first-order chi connectivity index (χ1) is 14.1. The molecule has 0 aliphatic heterocycles. The number of halogens is 1. The third kappa shape index (κ3) is 26.1. The van der Waals surface area contributed by atoms with E-state index in [-0.39, 0.29) is 16.9 Å². The van der Waals surface area contributed by atoms with Gasteiger partial charge in [0.05, 0.1) is 0 Å². The van der Waals surface area contributed by atoms with E-state index < -0.39 is 0 Å². The van der Waals surface area contributed by atoms with E-state index in [0.29, 0.717) is 0 Å². The van der Waals surface area contributed by atoms with Gasteiger partial charge in [0.2, 0.25) is 0 Å². The van der Waals surface area contributed by atoms with Crippen molar-refractivity contribution in [1.82, 2.24) is 0 Å². The molecule has 3 nitrogen and oxygen atoms in total. The molecule has 0 saturated heterocycles. The van der Waals surface area contributed by atoms with Crippen molar-refractivity contribution < 1.29 is 20.6 Å². The summed E-state index contributed by atoms with van der Waals surface area (Å²) in [6.45, 7) is 6.89. The number of unbranched alkanes of at least 4 members (excludes halogenated alkanes) is 15. The van der Waals surface area contributed by atoms with Crippen LogP contribution in [0.25, 0.3) is 0 Å². The van der Waals surface area contributed by atoms with Crippen molar-refractivity contribution >= 4 is 0 Å². The molecule has 0 bridgehead atoms. The molecular weight excluding hydrogens is 382 g/mol. The van der Waals surface area contributed by atoms with E-state index in [4.69, 9.17) is 15.1 Å². The van der Waals surface area contributed by atoms with Crippen LogP contribution < -0.4 is 10.4 Å². The highest BCUT2D eigenvalue weighted by atomic mass is 35.6. The van der Waals surface area contributed by atoms with Gasteiger partial charge in [-0.05, 0) is 19.3 Å². The second-order valence-corrected chi connectivity index (χ2v) is 9.12. The van der Waals surface area contributed by atoms with Crippen molar-refractivity contribution in [3.05, 3.63) is 0 Å². The van der Waals surface area contributed by atoms with Gasteiger partial charge >= 0.3 is 11.3 Å². The van der Waals surface area contributed by atoms with Gasteiger partial charge < -0.3 is 10.4 Å². The third-order valence-corrected chi connectivity index (χ3v) is 6.08. The highest BCUT2D eigenvalue weighted by Crippen LogP contribution is 2.27. The zero-order chi connectivity index (χ0) is 22.1. The van der Waals surface area contributed by atoms with Crippen LogP contribution in [-0.2, 0) is 0 Å². The summed E-state index contributed by atoms with van der Waals surface area (Å²) in [6.07, 6.45) is 28.8. The van der Waals surface area contributed by atoms with Crippen LogP contribution in [0.4, 0.5) is 0 Å². The molecule has 0 aromatic carbocycles. The van der Waals surface area contributed by atoms with Gasteiger partial charge in [0.15, 0.2) is 0 Å². The van der Waals surface area contributed by atoms with Crippen LogP contribution in [0, 0.1) is 11.3 Å². The molecule has 4 heteroatoms. The summed E-state index contributed by atoms with van der Waals surface area (Å²) < 4.78 is 15.2. The molecule has 29 heavy (non-hydrogen) atoms. The maximum Gasteiger partial charge on any atom is 0.327 e. The highest BCUT2D eigenvalue weighted by molar-refractivity contribution is 4.84. The van der Waals surface area contributed by atoms with E-state index >= 15 is 0 Å². The number of rotatable bonds is 21. The summed E-state index contributed by atoms with van der Waals surface area (Å²) >= 11 is -0.167. The molecule has 0 aliphatic carbocycles. The van der Waals surface area contributed by atoms with Gasteiger partial charge in [0, 0.05) is 5.54 Å². The molecule has 0 aromatic heterocycles. The SMILES string of the molecule is CCCCCCCCC(N)(CCCCCCCC)CCCCCCCC.[O-][Cl+]O. The van der Waals surface area contributed by atoms with E-state index in [1.54, 1.807) is 0 Å². The molecule has 0 spiro atoms.